The summed E-state index contributed by atoms with van der Waals surface area (Å²) in [6, 6.07) is 0. The Kier molecular flexibility index (Phi) is 21.6. The van der Waals surface area contributed by atoms with Crippen molar-refractivity contribution in [2.24, 2.45) is 0 Å². The Hall–Kier alpha value is 0.469. The summed E-state index contributed by atoms with van der Waals surface area (Å²) in [5.41, 5.74) is 0. The van der Waals surface area contributed by atoms with E-state index in [0.717, 1.165) is 0 Å². The van der Waals surface area contributed by atoms with Gasteiger partial charge in [-0.05, 0) is 0 Å². The Morgan fingerprint density at radius 3 is 1.75 bits per heavy atom. The van der Waals surface area contributed by atoms with Gasteiger partial charge in [-0.2, -0.15) is 0 Å². The first-order valence-corrected chi connectivity index (χ1v) is 0.704. The fourth-order valence-corrected chi connectivity index (χ4v) is 0. The molecule has 0 rings (SSSR count). The molecule has 0 heterocycles. The van der Waals surface area contributed by atoms with Crippen LogP contribution in [-0.2, 0) is 4.79 Å². The Bertz CT molecular complexity index is 13.5. The molecular weight excluding hydrogens is 159 g/mol. The molecule has 0 N–H and O–H groups in total. The Balaban J connectivity index is 0. The third-order valence-electron chi connectivity index (χ3n) is 0. The van der Waals surface area contributed by atoms with Crippen LogP contribution in [0.2, 0.25) is 0 Å². The quantitative estimate of drug-likeness (QED) is 0.407. The molecule has 0 aromatic rings. The second kappa shape index (κ2) is 9.80. The van der Waals surface area contributed by atoms with Crippen LogP contribution in [0.5, 0.6) is 0 Å². The normalized spacial score (nSPS) is 3.25. The summed E-state index contributed by atoms with van der Waals surface area (Å²) >= 11 is 0. The topological polar surface area (TPSA) is 17.1 Å². The molecule has 0 aliphatic heterocycles. The van der Waals surface area contributed by atoms with Crippen LogP contribution in [0, 0.1) is 0 Å². The van der Waals surface area contributed by atoms with Gasteiger partial charge in [-0.25, -0.2) is 0 Å². The zero-order chi connectivity index (χ0) is 2.71. The summed E-state index contributed by atoms with van der Waals surface area (Å²) in [6.45, 7) is 1.32. The maximum absolute atomic E-state index is 8.68. The average Bonchev–Trinajstić information content (AvgIpc) is 0.918. The van der Waals surface area contributed by atoms with Crippen molar-refractivity contribution >= 4 is 30.2 Å². The van der Waals surface area contributed by atoms with Crippen LogP contribution in [0.15, 0.2) is 0 Å². The average molecular weight is 166 g/mol. The fraction of sp³-hybridized carbons (Fsp3) is 0.500. The summed E-state index contributed by atoms with van der Waals surface area (Å²) < 4.78 is 0. The summed E-state index contributed by atoms with van der Waals surface area (Å²) in [5, 5.41) is 0. The van der Waals surface area contributed by atoms with Crippen molar-refractivity contribution in [2.45, 2.75) is 6.92 Å². The minimum atomic E-state index is 0. The molecule has 0 atom stereocenters. The predicted octanol–water partition coefficient (Wildman–Crippen LogP) is -1.34. The van der Waals surface area contributed by atoms with Crippen LogP contribution < -0.4 is 0 Å². The molecule has 0 amide bonds. The molecule has 0 aromatic heterocycles. The molecule has 1 nitrogen and oxygen atoms in total. The first-order chi connectivity index (χ1) is 1.41. The second-order valence-corrected chi connectivity index (χ2v) is 0.204. The van der Waals surface area contributed by atoms with Crippen molar-refractivity contribution in [3.05, 3.63) is 0 Å². The van der Waals surface area contributed by atoms with E-state index < -0.39 is 0 Å². The van der Waals surface area contributed by atoms with E-state index in [4.69, 9.17) is 4.79 Å². The first kappa shape index (κ1) is 8.82. The fourth-order valence-electron chi connectivity index (χ4n) is 0. The van der Waals surface area contributed by atoms with E-state index in [2.05, 4.69) is 0 Å². The van der Waals surface area contributed by atoms with Gasteiger partial charge in [-0.3, -0.25) is 4.79 Å². The van der Waals surface area contributed by atoms with Gasteiger partial charge in [0.1, 0.15) is 0 Å². The second-order valence-electron chi connectivity index (χ2n) is 0.204. The van der Waals surface area contributed by atoms with Crippen LogP contribution >= 0.6 is 0 Å². The van der Waals surface area contributed by atoms with Crippen LogP contribution in [0.1, 0.15) is 6.92 Å². The standard InChI is InChI=1S/C2H3O.Sn.4H/c1-2-3;;;;;/h1H3;;;;;. The molecule has 0 saturated heterocycles. The number of rotatable bonds is 0. The van der Waals surface area contributed by atoms with Gasteiger partial charge in [-0.15, -0.1) is 0 Å². The van der Waals surface area contributed by atoms with Crippen LogP contribution in [0.3, 0.4) is 0 Å². The van der Waals surface area contributed by atoms with E-state index in [1.54, 1.807) is 0 Å². The SMILES string of the molecule is C[C]=O.[SnH4]. The zero-order valence-electron chi connectivity index (χ0n) is 1.91. The summed E-state index contributed by atoms with van der Waals surface area (Å²) in [5.74, 6) is 0. The van der Waals surface area contributed by atoms with E-state index in [9.17, 15) is 0 Å². The van der Waals surface area contributed by atoms with E-state index in [1.165, 1.54) is 13.2 Å². The van der Waals surface area contributed by atoms with Crippen molar-refractivity contribution in [2.75, 3.05) is 0 Å². The van der Waals surface area contributed by atoms with Gasteiger partial charge in [0.05, 0.1) is 0 Å². The number of carbonyl (C=O) groups excluding carboxylic acids is 1. The third kappa shape index (κ3) is 24.2. The molecule has 0 saturated carbocycles. The summed E-state index contributed by atoms with van der Waals surface area (Å²) in [7, 11) is 0. The number of hydrogen-bond acceptors (Lipinski definition) is 1. The van der Waals surface area contributed by atoms with Gasteiger partial charge in [0, 0.05) is 6.92 Å². The van der Waals surface area contributed by atoms with Gasteiger partial charge in [0.15, 0.2) is 6.29 Å². The Morgan fingerprint density at radius 1 is 1.75 bits per heavy atom. The molecule has 1 radical (unpaired) electrons. The zero-order valence-corrected chi connectivity index (χ0v) is 1.91. The predicted molar refractivity (Wildman–Crippen MR) is 22.7 cm³/mol. The molecule has 0 spiro atoms. The molecule has 0 bridgehead atoms. The summed E-state index contributed by atoms with van der Waals surface area (Å²) in [6.07, 6.45) is 1.50. The van der Waals surface area contributed by atoms with Gasteiger partial charge < -0.3 is 0 Å². The van der Waals surface area contributed by atoms with Crippen LogP contribution in [-0.4, -0.2) is 30.2 Å². The van der Waals surface area contributed by atoms with Crippen LogP contribution in [0.25, 0.3) is 0 Å². The van der Waals surface area contributed by atoms with Gasteiger partial charge >= 0.3 is 23.9 Å². The molecule has 25 valence electrons. The molecule has 0 aliphatic carbocycles. The van der Waals surface area contributed by atoms with Crippen molar-refractivity contribution in [1.82, 2.24) is 0 Å². The van der Waals surface area contributed by atoms with Crippen molar-refractivity contribution in [3.8, 4) is 0 Å². The van der Waals surface area contributed by atoms with Gasteiger partial charge in [0.2, 0.25) is 0 Å². The molecular formula is C2H7OSn. The van der Waals surface area contributed by atoms with Gasteiger partial charge in [0.25, 0.3) is 0 Å². The maximum atomic E-state index is 8.68. The summed E-state index contributed by atoms with van der Waals surface area (Å²) in [4.78, 5) is 8.68. The monoisotopic (exact) mass is 167 g/mol. The van der Waals surface area contributed by atoms with Crippen molar-refractivity contribution in [1.29, 1.82) is 0 Å². The van der Waals surface area contributed by atoms with Crippen molar-refractivity contribution < 1.29 is 4.79 Å². The van der Waals surface area contributed by atoms with E-state index in [0.29, 0.717) is 0 Å². The molecule has 2 heteroatoms. The van der Waals surface area contributed by atoms with E-state index >= 15 is 0 Å². The molecule has 4 heavy (non-hydrogen) atoms. The van der Waals surface area contributed by atoms with Gasteiger partial charge in [-0.1, -0.05) is 0 Å². The Labute approximate surface area is 42.3 Å². The molecule has 0 unspecified atom stereocenters. The van der Waals surface area contributed by atoms with Crippen molar-refractivity contribution in [3.63, 3.8) is 0 Å². The molecule has 0 aliphatic rings. The van der Waals surface area contributed by atoms with Crippen LogP contribution in [0.4, 0.5) is 0 Å². The third-order valence-corrected chi connectivity index (χ3v) is 0. The molecule has 0 aromatic carbocycles. The molecule has 0 fully saturated rings. The Morgan fingerprint density at radius 2 is 1.75 bits per heavy atom. The van der Waals surface area contributed by atoms with E-state index in [-0.39, 0.29) is 23.9 Å². The van der Waals surface area contributed by atoms with E-state index in [1.807, 2.05) is 0 Å². The minimum absolute atomic E-state index is 0. The number of hydrogen-bond donors (Lipinski definition) is 0. The first-order valence-electron chi connectivity index (χ1n) is 0.704.